The normalized spacial score (nSPS) is 8.85. The molecular weight excluding hydrogens is 164 g/mol. The van der Waals surface area contributed by atoms with Crippen LogP contribution in [0.25, 0.3) is 0 Å². The van der Waals surface area contributed by atoms with Gasteiger partial charge in [0.2, 0.25) is 0 Å². The SMILES string of the molecule is C=CC(=O)OC(C)(C)C.C=CC=C. The number of allylic oxidation sites excluding steroid dienone is 2. The van der Waals surface area contributed by atoms with Crippen LogP contribution in [-0.4, -0.2) is 11.6 Å². The van der Waals surface area contributed by atoms with Gasteiger partial charge in [-0.15, -0.1) is 0 Å². The first-order valence-electron chi connectivity index (χ1n) is 3.96. The van der Waals surface area contributed by atoms with Crippen LogP contribution in [0.2, 0.25) is 0 Å². The predicted octanol–water partition coefficient (Wildman–Crippen LogP) is 2.87. The van der Waals surface area contributed by atoms with E-state index in [1.807, 2.05) is 20.8 Å². The van der Waals surface area contributed by atoms with Crippen LogP contribution in [0.1, 0.15) is 20.8 Å². The number of carbonyl (C=O) groups is 1. The minimum Gasteiger partial charge on any atom is -0.457 e. The molecule has 13 heavy (non-hydrogen) atoms. The van der Waals surface area contributed by atoms with E-state index in [9.17, 15) is 4.79 Å². The fraction of sp³-hybridized carbons (Fsp3) is 0.364. The molecule has 0 aliphatic rings. The first-order valence-corrected chi connectivity index (χ1v) is 3.96. The largest absolute Gasteiger partial charge is 0.457 e. The van der Waals surface area contributed by atoms with Crippen LogP contribution in [0.3, 0.4) is 0 Å². The lowest BCUT2D eigenvalue weighted by molar-refractivity contribution is -0.148. The molecular formula is C11H18O2. The van der Waals surface area contributed by atoms with E-state index >= 15 is 0 Å². The van der Waals surface area contributed by atoms with Crippen molar-refractivity contribution in [1.29, 1.82) is 0 Å². The van der Waals surface area contributed by atoms with Crippen LogP contribution in [0, 0.1) is 0 Å². The zero-order chi connectivity index (χ0) is 10.9. The van der Waals surface area contributed by atoms with E-state index in [1.54, 1.807) is 12.2 Å². The Morgan fingerprint density at radius 3 is 1.62 bits per heavy atom. The van der Waals surface area contributed by atoms with E-state index in [0.29, 0.717) is 0 Å². The molecule has 0 fully saturated rings. The van der Waals surface area contributed by atoms with Crippen LogP contribution in [-0.2, 0) is 9.53 Å². The first kappa shape index (κ1) is 14.2. The van der Waals surface area contributed by atoms with Gasteiger partial charge in [0.25, 0.3) is 0 Å². The van der Waals surface area contributed by atoms with Crippen molar-refractivity contribution in [3.8, 4) is 0 Å². The smallest absolute Gasteiger partial charge is 0.330 e. The van der Waals surface area contributed by atoms with Crippen molar-refractivity contribution in [3.05, 3.63) is 38.0 Å². The Morgan fingerprint density at radius 1 is 1.15 bits per heavy atom. The van der Waals surface area contributed by atoms with Crippen molar-refractivity contribution < 1.29 is 9.53 Å². The summed E-state index contributed by atoms with van der Waals surface area (Å²) in [5, 5.41) is 0. The van der Waals surface area contributed by atoms with Crippen LogP contribution in [0.5, 0.6) is 0 Å². The van der Waals surface area contributed by atoms with Crippen molar-refractivity contribution in [2.75, 3.05) is 0 Å². The summed E-state index contributed by atoms with van der Waals surface area (Å²) in [6.45, 7) is 15.4. The van der Waals surface area contributed by atoms with Gasteiger partial charge in [-0.2, -0.15) is 0 Å². The van der Waals surface area contributed by atoms with Gasteiger partial charge in [0.1, 0.15) is 5.60 Å². The molecule has 0 aromatic rings. The molecule has 0 aromatic carbocycles. The number of ether oxygens (including phenoxy) is 1. The second kappa shape index (κ2) is 7.35. The summed E-state index contributed by atoms with van der Waals surface area (Å²) in [5.74, 6) is -0.373. The molecule has 0 saturated carbocycles. The molecule has 2 heteroatoms. The van der Waals surface area contributed by atoms with Gasteiger partial charge in [-0.3, -0.25) is 0 Å². The molecule has 0 rings (SSSR count). The molecule has 0 aliphatic heterocycles. The number of hydrogen-bond donors (Lipinski definition) is 0. The van der Waals surface area contributed by atoms with E-state index in [4.69, 9.17) is 4.74 Å². The second-order valence-electron chi connectivity index (χ2n) is 3.21. The topological polar surface area (TPSA) is 26.3 Å². The van der Waals surface area contributed by atoms with Gasteiger partial charge < -0.3 is 4.74 Å². The molecule has 0 aromatic heterocycles. The summed E-state index contributed by atoms with van der Waals surface area (Å²) in [5.41, 5.74) is -0.398. The van der Waals surface area contributed by atoms with Gasteiger partial charge >= 0.3 is 5.97 Å². The predicted molar refractivity (Wildman–Crippen MR) is 56.4 cm³/mol. The van der Waals surface area contributed by atoms with E-state index in [1.165, 1.54) is 0 Å². The molecule has 0 heterocycles. The standard InChI is InChI=1S/C7H12O2.C4H6/c1-5-6(8)9-7(2,3)4;1-3-4-2/h5H,1H2,2-4H3;3-4H,1-2H2. The molecule has 0 amide bonds. The molecule has 0 atom stereocenters. The summed E-state index contributed by atoms with van der Waals surface area (Å²) in [6.07, 6.45) is 4.44. The number of esters is 1. The maximum absolute atomic E-state index is 10.5. The van der Waals surface area contributed by atoms with E-state index in [2.05, 4.69) is 19.7 Å². The third-order valence-corrected chi connectivity index (χ3v) is 0.740. The first-order chi connectivity index (χ1) is 5.87. The zero-order valence-electron chi connectivity index (χ0n) is 8.67. The number of hydrogen-bond acceptors (Lipinski definition) is 2. The van der Waals surface area contributed by atoms with Crippen molar-refractivity contribution in [3.63, 3.8) is 0 Å². The Balaban J connectivity index is 0. The highest BCUT2D eigenvalue weighted by molar-refractivity contribution is 5.81. The summed E-state index contributed by atoms with van der Waals surface area (Å²) >= 11 is 0. The lowest BCUT2D eigenvalue weighted by atomic mass is 10.2. The second-order valence-corrected chi connectivity index (χ2v) is 3.21. The molecule has 74 valence electrons. The van der Waals surface area contributed by atoms with Gasteiger partial charge in [0.05, 0.1) is 0 Å². The molecule has 0 N–H and O–H groups in total. The third kappa shape index (κ3) is 18.0. The Labute approximate surface area is 80.6 Å². The van der Waals surface area contributed by atoms with E-state index < -0.39 is 5.60 Å². The van der Waals surface area contributed by atoms with Crippen molar-refractivity contribution in [2.45, 2.75) is 26.4 Å². The van der Waals surface area contributed by atoms with Crippen LogP contribution in [0.4, 0.5) is 0 Å². The molecule has 2 nitrogen and oxygen atoms in total. The van der Waals surface area contributed by atoms with Gasteiger partial charge in [0.15, 0.2) is 0 Å². The minimum atomic E-state index is -0.398. The molecule has 0 aliphatic carbocycles. The monoisotopic (exact) mass is 182 g/mol. The van der Waals surface area contributed by atoms with Crippen LogP contribution >= 0.6 is 0 Å². The summed E-state index contributed by atoms with van der Waals surface area (Å²) in [6, 6.07) is 0. The molecule has 0 saturated heterocycles. The average molecular weight is 182 g/mol. The highest BCUT2D eigenvalue weighted by Gasteiger charge is 2.12. The van der Waals surface area contributed by atoms with Crippen LogP contribution in [0.15, 0.2) is 38.0 Å². The lowest BCUT2D eigenvalue weighted by Gasteiger charge is -2.17. The molecule has 0 spiro atoms. The zero-order valence-corrected chi connectivity index (χ0v) is 8.67. The van der Waals surface area contributed by atoms with Crippen molar-refractivity contribution >= 4 is 5.97 Å². The molecule has 0 radical (unpaired) electrons. The van der Waals surface area contributed by atoms with Gasteiger partial charge in [-0.1, -0.05) is 31.9 Å². The summed E-state index contributed by atoms with van der Waals surface area (Å²) in [4.78, 5) is 10.5. The number of carbonyl (C=O) groups excluding carboxylic acids is 1. The van der Waals surface area contributed by atoms with Crippen molar-refractivity contribution in [2.24, 2.45) is 0 Å². The summed E-state index contributed by atoms with van der Waals surface area (Å²) < 4.78 is 4.83. The van der Waals surface area contributed by atoms with Gasteiger partial charge in [-0.05, 0) is 20.8 Å². The maximum Gasteiger partial charge on any atom is 0.330 e. The Kier molecular flexibility index (Phi) is 8.04. The van der Waals surface area contributed by atoms with E-state index in [0.717, 1.165) is 6.08 Å². The van der Waals surface area contributed by atoms with Gasteiger partial charge in [0, 0.05) is 6.08 Å². The number of rotatable bonds is 2. The average Bonchev–Trinajstić information content (AvgIpc) is 2.02. The highest BCUT2D eigenvalue weighted by atomic mass is 16.6. The fourth-order valence-electron chi connectivity index (χ4n) is 0.343. The van der Waals surface area contributed by atoms with Crippen LogP contribution < -0.4 is 0 Å². The lowest BCUT2D eigenvalue weighted by Crippen LogP contribution is -2.22. The summed E-state index contributed by atoms with van der Waals surface area (Å²) in [7, 11) is 0. The molecule has 0 bridgehead atoms. The highest BCUT2D eigenvalue weighted by Crippen LogP contribution is 2.06. The quantitative estimate of drug-likeness (QED) is 0.373. The molecule has 0 unspecified atom stereocenters. The fourth-order valence-corrected chi connectivity index (χ4v) is 0.343. The Bertz CT molecular complexity index is 179. The van der Waals surface area contributed by atoms with Gasteiger partial charge in [-0.25, -0.2) is 4.79 Å². The third-order valence-electron chi connectivity index (χ3n) is 0.740. The Hall–Kier alpha value is -1.31. The minimum absolute atomic E-state index is 0.373. The van der Waals surface area contributed by atoms with Crippen molar-refractivity contribution in [1.82, 2.24) is 0 Å². The Morgan fingerprint density at radius 2 is 1.54 bits per heavy atom. The van der Waals surface area contributed by atoms with E-state index in [-0.39, 0.29) is 5.97 Å². The maximum atomic E-state index is 10.5.